The molecule has 1 aromatic carbocycles. The number of hydrogen-bond acceptors (Lipinski definition) is 7. The number of hydrogen-bond donors (Lipinski definition) is 2. The normalized spacial score (nSPS) is 18.2. The highest BCUT2D eigenvalue weighted by Gasteiger charge is 2.37. The number of amides is 2. The molecule has 2 amide bonds. The minimum absolute atomic E-state index is 0.264. The van der Waals surface area contributed by atoms with Crippen LogP contribution in [0.4, 0.5) is 10.5 Å². The molecule has 1 aromatic rings. The van der Waals surface area contributed by atoms with Gasteiger partial charge in [-0.2, -0.15) is 0 Å². The largest absolute Gasteiger partial charge is 0.444 e. The molecular weight excluding hydrogens is 411 g/mol. The van der Waals surface area contributed by atoms with Gasteiger partial charge in [0.1, 0.15) is 11.6 Å². The Hall–Kier alpha value is -1.93. The van der Waals surface area contributed by atoms with Crippen molar-refractivity contribution in [2.45, 2.75) is 51.4 Å². The summed E-state index contributed by atoms with van der Waals surface area (Å²) in [6, 6.07) is 5.98. The summed E-state index contributed by atoms with van der Waals surface area (Å²) in [6.45, 7) is 5.74. The van der Waals surface area contributed by atoms with E-state index in [0.717, 1.165) is 0 Å². The van der Waals surface area contributed by atoms with E-state index in [4.69, 9.17) is 13.8 Å². The zero-order chi connectivity index (χ0) is 22.5. The molecule has 1 aliphatic rings. The lowest BCUT2D eigenvalue weighted by molar-refractivity contribution is -0.120. The second-order valence-corrected chi connectivity index (χ2v) is 10.4. The van der Waals surface area contributed by atoms with Crippen LogP contribution >= 0.6 is 7.60 Å². The molecule has 0 unspecified atom stereocenters. The Balaban J connectivity index is 2.15. The number of para-hydroxylation sites is 1. The first kappa shape index (κ1) is 24.3. The first-order valence-electron chi connectivity index (χ1n) is 9.77. The molecular formula is C20H31N2O7P. The van der Waals surface area contributed by atoms with Gasteiger partial charge in [-0.05, 0) is 39.7 Å². The zero-order valence-corrected chi connectivity index (χ0v) is 19.0. The SMILES string of the molecule is COP(=O)(C[C@H](O)c1ccccc1NC(=O)[C@@H]1CCCN1C(=O)OC(C)(C)C)OC. The van der Waals surface area contributed by atoms with Crippen molar-refractivity contribution in [1.82, 2.24) is 4.90 Å². The van der Waals surface area contributed by atoms with Gasteiger partial charge in [0.2, 0.25) is 5.91 Å². The summed E-state index contributed by atoms with van der Waals surface area (Å²) in [6.07, 6.45) is -0.780. The van der Waals surface area contributed by atoms with Crippen LogP contribution in [0.2, 0.25) is 0 Å². The molecule has 0 spiro atoms. The van der Waals surface area contributed by atoms with Gasteiger partial charge in [0.05, 0.1) is 12.3 Å². The predicted molar refractivity (Wildman–Crippen MR) is 112 cm³/mol. The van der Waals surface area contributed by atoms with Crippen LogP contribution in [0.1, 0.15) is 45.3 Å². The molecule has 0 bridgehead atoms. The van der Waals surface area contributed by atoms with E-state index in [0.29, 0.717) is 30.6 Å². The van der Waals surface area contributed by atoms with Crippen molar-refractivity contribution >= 4 is 25.3 Å². The predicted octanol–water partition coefficient (Wildman–Crippen LogP) is 3.54. The highest BCUT2D eigenvalue weighted by Crippen LogP contribution is 2.49. The third-order valence-corrected chi connectivity index (χ3v) is 6.62. The van der Waals surface area contributed by atoms with Crippen LogP contribution in [0.25, 0.3) is 0 Å². The van der Waals surface area contributed by atoms with Gasteiger partial charge >= 0.3 is 13.7 Å². The van der Waals surface area contributed by atoms with Crippen molar-refractivity contribution in [2.75, 3.05) is 32.2 Å². The van der Waals surface area contributed by atoms with Crippen molar-refractivity contribution in [1.29, 1.82) is 0 Å². The first-order chi connectivity index (χ1) is 14.0. The Labute approximate surface area is 177 Å². The fourth-order valence-corrected chi connectivity index (χ4v) is 4.30. The van der Waals surface area contributed by atoms with Crippen molar-refractivity contribution in [3.05, 3.63) is 29.8 Å². The van der Waals surface area contributed by atoms with Crippen LogP contribution in [0.15, 0.2) is 24.3 Å². The standard InChI is InChI=1S/C20H31N2O7P/c1-20(2,3)29-19(25)22-12-8-11-16(22)18(24)21-15-10-7-6-9-14(15)17(23)13-30(26,27-4)28-5/h6-7,9-10,16-17,23H,8,11-13H2,1-5H3,(H,21,24)/t16-,17-/m0/s1. The average molecular weight is 442 g/mol. The zero-order valence-electron chi connectivity index (χ0n) is 18.1. The van der Waals surface area contributed by atoms with E-state index < -0.39 is 31.4 Å². The van der Waals surface area contributed by atoms with Crippen molar-refractivity contribution in [2.24, 2.45) is 0 Å². The quantitative estimate of drug-likeness (QED) is 0.621. The summed E-state index contributed by atoms with van der Waals surface area (Å²) in [5.74, 6) is -0.375. The van der Waals surface area contributed by atoms with Gasteiger partial charge in [0.25, 0.3) is 0 Å². The van der Waals surface area contributed by atoms with Crippen LogP contribution in [0.3, 0.4) is 0 Å². The Morgan fingerprint density at radius 3 is 2.50 bits per heavy atom. The van der Waals surface area contributed by atoms with Gasteiger partial charge in [0.15, 0.2) is 0 Å². The van der Waals surface area contributed by atoms with E-state index in [2.05, 4.69) is 5.32 Å². The van der Waals surface area contributed by atoms with E-state index in [-0.39, 0.29) is 12.1 Å². The molecule has 1 heterocycles. The topological polar surface area (TPSA) is 114 Å². The molecule has 2 rings (SSSR count). The lowest BCUT2D eigenvalue weighted by Crippen LogP contribution is -2.45. The van der Waals surface area contributed by atoms with Crippen LogP contribution in [-0.4, -0.2) is 60.6 Å². The number of likely N-dealkylation sites (tertiary alicyclic amines) is 1. The van der Waals surface area contributed by atoms with Crippen LogP contribution < -0.4 is 5.32 Å². The number of carbonyl (C=O) groups excluding carboxylic acids is 2. The van der Waals surface area contributed by atoms with E-state index in [9.17, 15) is 19.3 Å². The van der Waals surface area contributed by atoms with E-state index in [1.54, 1.807) is 45.0 Å². The number of nitrogens with one attached hydrogen (secondary N) is 1. The molecule has 1 aliphatic heterocycles. The molecule has 2 N–H and O–H groups in total. The van der Waals surface area contributed by atoms with Gasteiger partial charge in [-0.3, -0.25) is 14.3 Å². The fourth-order valence-electron chi connectivity index (χ4n) is 3.23. The number of aliphatic hydroxyl groups is 1. The number of rotatable bonds is 7. The Kier molecular flexibility index (Phi) is 8.05. The number of ether oxygens (including phenoxy) is 1. The summed E-state index contributed by atoms with van der Waals surface area (Å²) in [5.41, 5.74) is 0.0837. The maximum absolute atomic E-state index is 12.9. The molecule has 2 atom stereocenters. The molecule has 168 valence electrons. The monoisotopic (exact) mass is 442 g/mol. The average Bonchev–Trinajstić information content (AvgIpc) is 3.17. The van der Waals surface area contributed by atoms with Gasteiger partial charge in [0, 0.05) is 32.0 Å². The Bertz CT molecular complexity index is 801. The first-order valence-corrected chi connectivity index (χ1v) is 11.5. The second-order valence-electron chi connectivity index (χ2n) is 8.08. The maximum atomic E-state index is 12.9. The molecule has 10 heteroatoms. The molecule has 9 nitrogen and oxygen atoms in total. The number of benzene rings is 1. The fraction of sp³-hybridized carbons (Fsp3) is 0.600. The summed E-state index contributed by atoms with van der Waals surface area (Å²) in [7, 11) is -0.961. The summed E-state index contributed by atoms with van der Waals surface area (Å²) < 4.78 is 27.5. The van der Waals surface area contributed by atoms with Crippen molar-refractivity contribution in [3.8, 4) is 0 Å². The lowest BCUT2D eigenvalue weighted by Gasteiger charge is -2.28. The third-order valence-electron chi connectivity index (χ3n) is 4.71. The lowest BCUT2D eigenvalue weighted by atomic mass is 10.1. The minimum Gasteiger partial charge on any atom is -0.444 e. The van der Waals surface area contributed by atoms with Crippen molar-refractivity contribution < 1.29 is 33.0 Å². The van der Waals surface area contributed by atoms with E-state index in [1.165, 1.54) is 19.1 Å². The number of anilines is 1. The molecule has 1 saturated heterocycles. The summed E-state index contributed by atoms with van der Waals surface area (Å²) in [5, 5.41) is 13.4. The molecule has 0 aromatic heterocycles. The maximum Gasteiger partial charge on any atom is 0.410 e. The minimum atomic E-state index is -3.45. The van der Waals surface area contributed by atoms with Crippen LogP contribution in [0, 0.1) is 0 Å². The molecule has 0 saturated carbocycles. The molecule has 0 aliphatic carbocycles. The van der Waals surface area contributed by atoms with Gasteiger partial charge in [-0.1, -0.05) is 18.2 Å². The number of carbonyl (C=O) groups is 2. The molecule has 1 fully saturated rings. The van der Waals surface area contributed by atoms with Crippen molar-refractivity contribution in [3.63, 3.8) is 0 Å². The van der Waals surface area contributed by atoms with Crippen LogP contribution in [-0.2, 0) is 23.1 Å². The van der Waals surface area contributed by atoms with Gasteiger partial charge < -0.3 is 24.2 Å². The number of aliphatic hydroxyl groups excluding tert-OH is 1. The third kappa shape index (κ3) is 6.28. The Morgan fingerprint density at radius 1 is 1.27 bits per heavy atom. The smallest absolute Gasteiger partial charge is 0.410 e. The van der Waals surface area contributed by atoms with E-state index in [1.807, 2.05) is 0 Å². The molecule has 30 heavy (non-hydrogen) atoms. The van der Waals surface area contributed by atoms with Gasteiger partial charge in [-0.15, -0.1) is 0 Å². The second kappa shape index (κ2) is 9.92. The van der Waals surface area contributed by atoms with E-state index >= 15 is 0 Å². The highest BCUT2D eigenvalue weighted by molar-refractivity contribution is 7.53. The van der Waals surface area contributed by atoms with Gasteiger partial charge in [-0.25, -0.2) is 4.79 Å². The van der Waals surface area contributed by atoms with Crippen LogP contribution in [0.5, 0.6) is 0 Å². The summed E-state index contributed by atoms with van der Waals surface area (Å²) in [4.78, 5) is 26.8. The summed E-state index contributed by atoms with van der Waals surface area (Å²) >= 11 is 0. The Morgan fingerprint density at radius 2 is 1.90 bits per heavy atom. The highest BCUT2D eigenvalue weighted by atomic mass is 31.2. The number of nitrogens with zero attached hydrogens (tertiary/aromatic N) is 1. The molecule has 0 radical (unpaired) electrons.